The van der Waals surface area contributed by atoms with Crippen LogP contribution in [-0.2, 0) is 0 Å². The molecule has 0 radical (unpaired) electrons. The van der Waals surface area contributed by atoms with Crippen molar-refractivity contribution in [2.75, 3.05) is 18.4 Å². The Bertz CT molecular complexity index is 721. The van der Waals surface area contributed by atoms with E-state index < -0.39 is 0 Å². The Morgan fingerprint density at radius 2 is 1.79 bits per heavy atom. The van der Waals surface area contributed by atoms with Crippen molar-refractivity contribution in [3.63, 3.8) is 0 Å². The molecule has 0 unspecified atom stereocenters. The maximum absolute atomic E-state index is 12.8. The molecule has 1 aliphatic heterocycles. The summed E-state index contributed by atoms with van der Waals surface area (Å²) in [5, 5.41) is 3.20. The molecular weight excluding hydrogens is 300 g/mol. The lowest BCUT2D eigenvalue weighted by atomic mass is 10.2. The van der Waals surface area contributed by atoms with Crippen LogP contribution < -0.4 is 5.32 Å². The fraction of sp³-hybridized carbons (Fsp3) is 0.421. The molecular formula is C19H24N4O. The van der Waals surface area contributed by atoms with E-state index in [0.29, 0.717) is 11.6 Å². The number of hydrogen-bond donors (Lipinski definition) is 1. The monoisotopic (exact) mass is 324 g/mol. The normalized spacial score (nSPS) is 15.0. The second-order valence-corrected chi connectivity index (χ2v) is 6.42. The van der Waals surface area contributed by atoms with Crippen LogP contribution in [0.1, 0.15) is 47.4 Å². The highest BCUT2D eigenvalue weighted by molar-refractivity contribution is 5.92. The number of anilines is 2. The zero-order valence-electron chi connectivity index (χ0n) is 14.4. The van der Waals surface area contributed by atoms with Gasteiger partial charge in [0.25, 0.3) is 5.91 Å². The van der Waals surface area contributed by atoms with E-state index in [4.69, 9.17) is 0 Å². The standard InChI is InChI=1S/C19H24N4O/c1-14-8-7-9-16(12-14)21-19-20-15(2)13-17(22-19)18(24)23-10-5-3-4-6-11-23/h7-9,12-13H,3-6,10-11H2,1-2H3,(H,20,21,22). The minimum atomic E-state index is 0.00897. The van der Waals surface area contributed by atoms with Crippen LogP contribution in [-0.4, -0.2) is 33.9 Å². The number of carbonyl (C=O) groups is 1. The van der Waals surface area contributed by atoms with Gasteiger partial charge in [-0.3, -0.25) is 4.79 Å². The Balaban J connectivity index is 1.81. The van der Waals surface area contributed by atoms with Crippen LogP contribution in [0.5, 0.6) is 0 Å². The highest BCUT2D eigenvalue weighted by Gasteiger charge is 2.19. The van der Waals surface area contributed by atoms with Crippen molar-refractivity contribution in [2.24, 2.45) is 0 Å². The van der Waals surface area contributed by atoms with Crippen LogP contribution in [0.15, 0.2) is 30.3 Å². The van der Waals surface area contributed by atoms with E-state index in [9.17, 15) is 4.79 Å². The average molecular weight is 324 g/mol. The van der Waals surface area contributed by atoms with Crippen LogP contribution >= 0.6 is 0 Å². The lowest BCUT2D eigenvalue weighted by Gasteiger charge is -2.20. The Morgan fingerprint density at radius 3 is 2.50 bits per heavy atom. The summed E-state index contributed by atoms with van der Waals surface area (Å²) < 4.78 is 0. The van der Waals surface area contributed by atoms with Crippen LogP contribution in [0.2, 0.25) is 0 Å². The van der Waals surface area contributed by atoms with Gasteiger partial charge in [0.2, 0.25) is 5.95 Å². The number of aromatic nitrogens is 2. The highest BCUT2D eigenvalue weighted by atomic mass is 16.2. The first-order chi connectivity index (χ1) is 11.6. The van der Waals surface area contributed by atoms with Gasteiger partial charge in [-0.2, -0.15) is 0 Å². The molecule has 5 nitrogen and oxygen atoms in total. The average Bonchev–Trinajstić information content (AvgIpc) is 2.83. The Labute approximate surface area is 143 Å². The molecule has 0 bridgehead atoms. The summed E-state index contributed by atoms with van der Waals surface area (Å²) in [7, 11) is 0. The quantitative estimate of drug-likeness (QED) is 0.931. The van der Waals surface area contributed by atoms with Crippen molar-refractivity contribution in [1.82, 2.24) is 14.9 Å². The van der Waals surface area contributed by atoms with Crippen LogP contribution in [0.4, 0.5) is 11.6 Å². The van der Waals surface area contributed by atoms with Crippen molar-refractivity contribution < 1.29 is 4.79 Å². The van der Waals surface area contributed by atoms with Crippen LogP contribution in [0.25, 0.3) is 0 Å². The summed E-state index contributed by atoms with van der Waals surface area (Å²) in [5.41, 5.74) is 3.35. The maximum Gasteiger partial charge on any atom is 0.272 e. The van der Waals surface area contributed by atoms with Crippen molar-refractivity contribution in [3.8, 4) is 0 Å². The van der Waals surface area contributed by atoms with E-state index >= 15 is 0 Å². The molecule has 1 amide bonds. The maximum atomic E-state index is 12.8. The zero-order chi connectivity index (χ0) is 16.9. The zero-order valence-corrected chi connectivity index (χ0v) is 14.4. The van der Waals surface area contributed by atoms with Gasteiger partial charge in [-0.15, -0.1) is 0 Å². The fourth-order valence-corrected chi connectivity index (χ4v) is 3.02. The first-order valence-electron chi connectivity index (χ1n) is 8.60. The smallest absolute Gasteiger partial charge is 0.272 e. The van der Waals surface area contributed by atoms with Crippen molar-refractivity contribution in [1.29, 1.82) is 0 Å². The number of carbonyl (C=O) groups excluding carboxylic acids is 1. The van der Waals surface area contributed by atoms with E-state index in [1.165, 1.54) is 12.8 Å². The molecule has 24 heavy (non-hydrogen) atoms. The number of amides is 1. The fourth-order valence-electron chi connectivity index (χ4n) is 3.02. The molecule has 1 N–H and O–H groups in total. The molecule has 2 heterocycles. The highest BCUT2D eigenvalue weighted by Crippen LogP contribution is 2.17. The van der Waals surface area contributed by atoms with Gasteiger partial charge in [-0.1, -0.05) is 25.0 Å². The summed E-state index contributed by atoms with van der Waals surface area (Å²) in [6, 6.07) is 9.79. The molecule has 1 aromatic carbocycles. The number of aryl methyl sites for hydroxylation is 2. The SMILES string of the molecule is Cc1cccc(Nc2nc(C)cc(C(=O)N3CCCCCC3)n2)c1. The predicted molar refractivity (Wildman–Crippen MR) is 95.6 cm³/mol. The molecule has 1 aromatic heterocycles. The van der Waals surface area contributed by atoms with Gasteiger partial charge in [0.15, 0.2) is 0 Å². The van der Waals surface area contributed by atoms with E-state index in [-0.39, 0.29) is 5.91 Å². The van der Waals surface area contributed by atoms with Gasteiger partial charge in [0, 0.05) is 24.5 Å². The molecule has 1 fully saturated rings. The molecule has 0 spiro atoms. The molecule has 0 saturated carbocycles. The van der Waals surface area contributed by atoms with Gasteiger partial charge in [-0.05, 0) is 50.5 Å². The number of likely N-dealkylation sites (tertiary alicyclic amines) is 1. The summed E-state index contributed by atoms with van der Waals surface area (Å²) in [6.07, 6.45) is 4.55. The Morgan fingerprint density at radius 1 is 1.04 bits per heavy atom. The third-order valence-electron chi connectivity index (χ3n) is 4.24. The van der Waals surface area contributed by atoms with E-state index in [0.717, 1.165) is 42.9 Å². The third-order valence-corrected chi connectivity index (χ3v) is 4.24. The topological polar surface area (TPSA) is 58.1 Å². The molecule has 2 aromatic rings. The number of rotatable bonds is 3. The second kappa shape index (κ2) is 7.43. The summed E-state index contributed by atoms with van der Waals surface area (Å²) in [6.45, 7) is 5.57. The van der Waals surface area contributed by atoms with Gasteiger partial charge < -0.3 is 10.2 Å². The molecule has 0 aliphatic carbocycles. The molecule has 1 saturated heterocycles. The molecule has 3 rings (SSSR count). The number of benzene rings is 1. The molecule has 126 valence electrons. The summed E-state index contributed by atoms with van der Waals surface area (Å²) >= 11 is 0. The van der Waals surface area contributed by atoms with Gasteiger partial charge in [-0.25, -0.2) is 9.97 Å². The molecule has 5 heteroatoms. The number of nitrogens with zero attached hydrogens (tertiary/aromatic N) is 3. The Kier molecular flexibility index (Phi) is 5.08. The first-order valence-corrected chi connectivity index (χ1v) is 8.60. The van der Waals surface area contributed by atoms with Gasteiger partial charge in [0.1, 0.15) is 5.69 Å². The molecule has 1 aliphatic rings. The van der Waals surface area contributed by atoms with Crippen LogP contribution in [0.3, 0.4) is 0 Å². The summed E-state index contributed by atoms with van der Waals surface area (Å²) in [4.78, 5) is 23.6. The van der Waals surface area contributed by atoms with Crippen LogP contribution in [0, 0.1) is 13.8 Å². The lowest BCUT2D eigenvalue weighted by molar-refractivity contribution is 0.0755. The number of nitrogens with one attached hydrogen (secondary N) is 1. The largest absolute Gasteiger partial charge is 0.337 e. The third kappa shape index (κ3) is 4.10. The van der Waals surface area contributed by atoms with E-state index in [2.05, 4.69) is 15.3 Å². The lowest BCUT2D eigenvalue weighted by Crippen LogP contribution is -2.32. The van der Waals surface area contributed by atoms with E-state index in [1.807, 2.05) is 43.0 Å². The van der Waals surface area contributed by atoms with E-state index in [1.54, 1.807) is 6.07 Å². The summed E-state index contributed by atoms with van der Waals surface area (Å²) in [5.74, 6) is 0.480. The minimum absolute atomic E-state index is 0.00897. The molecule has 0 atom stereocenters. The first kappa shape index (κ1) is 16.4. The van der Waals surface area contributed by atoms with Crippen molar-refractivity contribution in [3.05, 3.63) is 47.3 Å². The second-order valence-electron chi connectivity index (χ2n) is 6.42. The predicted octanol–water partition coefficient (Wildman–Crippen LogP) is 3.85. The number of hydrogen-bond acceptors (Lipinski definition) is 4. The van der Waals surface area contributed by atoms with Crippen molar-refractivity contribution >= 4 is 17.5 Å². The Hall–Kier alpha value is -2.43. The van der Waals surface area contributed by atoms with Gasteiger partial charge in [0.05, 0.1) is 0 Å². The van der Waals surface area contributed by atoms with Crippen molar-refractivity contribution in [2.45, 2.75) is 39.5 Å². The van der Waals surface area contributed by atoms with Gasteiger partial charge >= 0.3 is 0 Å². The minimum Gasteiger partial charge on any atom is -0.337 e.